The predicted molar refractivity (Wildman–Crippen MR) is 101 cm³/mol. The van der Waals surface area contributed by atoms with E-state index >= 15 is 0 Å². The third kappa shape index (κ3) is 3.85. The first-order valence-electron chi connectivity index (χ1n) is 9.32. The number of ether oxygens (including phenoxy) is 2. The van der Waals surface area contributed by atoms with Crippen molar-refractivity contribution in [3.63, 3.8) is 0 Å². The summed E-state index contributed by atoms with van der Waals surface area (Å²) < 4.78 is 25.9. The lowest BCUT2D eigenvalue weighted by Crippen LogP contribution is -2.64. The summed E-state index contributed by atoms with van der Waals surface area (Å²) in [5, 5.41) is 15.1. The highest BCUT2D eigenvalue weighted by atomic mass is 19.1. The molecule has 10 heteroatoms. The van der Waals surface area contributed by atoms with E-state index in [0.717, 1.165) is 0 Å². The second kappa shape index (κ2) is 8.06. The third-order valence-corrected chi connectivity index (χ3v) is 5.52. The van der Waals surface area contributed by atoms with Crippen LogP contribution < -0.4 is 15.4 Å². The molecule has 3 rings (SSSR count). The van der Waals surface area contributed by atoms with Gasteiger partial charge in [0.15, 0.2) is 11.6 Å². The number of carbonyl (C=O) groups is 2. The molecule has 1 aromatic carbocycles. The van der Waals surface area contributed by atoms with Gasteiger partial charge in [-0.3, -0.25) is 9.59 Å². The molecule has 1 aromatic rings. The molecule has 0 radical (unpaired) electrons. The van der Waals surface area contributed by atoms with Crippen molar-refractivity contribution in [3.8, 4) is 5.75 Å². The van der Waals surface area contributed by atoms with Crippen LogP contribution in [-0.4, -0.2) is 66.6 Å². The summed E-state index contributed by atoms with van der Waals surface area (Å²) in [5.74, 6) is -1.54. The number of rotatable bonds is 4. The van der Waals surface area contributed by atoms with Gasteiger partial charge in [0.05, 0.1) is 24.9 Å². The summed E-state index contributed by atoms with van der Waals surface area (Å²) in [4.78, 5) is 27.2. The Labute approximate surface area is 163 Å². The van der Waals surface area contributed by atoms with E-state index in [4.69, 9.17) is 9.47 Å². The predicted octanol–water partition coefficient (Wildman–Crippen LogP) is 0.621. The van der Waals surface area contributed by atoms with Gasteiger partial charge >= 0.3 is 7.05 Å². The number of hydrogen-bond donors (Lipinski definition) is 3. The zero-order valence-electron chi connectivity index (χ0n) is 16.2. The number of nitrogens with zero attached hydrogens (tertiary/aromatic N) is 1. The van der Waals surface area contributed by atoms with Crippen molar-refractivity contribution in [2.45, 2.75) is 44.3 Å². The molecule has 2 aliphatic heterocycles. The lowest BCUT2D eigenvalue weighted by molar-refractivity contribution is -0.137. The van der Waals surface area contributed by atoms with Gasteiger partial charge in [-0.1, -0.05) is 6.07 Å². The first-order valence-corrected chi connectivity index (χ1v) is 9.32. The average molecular weight is 393 g/mol. The minimum atomic E-state index is -1.13. The summed E-state index contributed by atoms with van der Waals surface area (Å²) in [7, 11) is 0.768. The minimum Gasteiger partial charge on any atom is -0.479 e. The van der Waals surface area contributed by atoms with Crippen molar-refractivity contribution in [1.82, 2.24) is 10.1 Å². The fourth-order valence-electron chi connectivity index (χ4n) is 3.49. The number of likely N-dealkylation sites (N-methyl/N-ethyl adjacent to an activating group) is 1. The van der Waals surface area contributed by atoms with Crippen molar-refractivity contribution in [3.05, 3.63) is 24.0 Å². The number of carbonyl (C=O) groups excluding carboxylic acids is 2. The standard InChI is InChI=1S/C18H25BFN3O5/c1-11(23(3)19(2)26)16(24)22-15-17(25)21-13-6-4-5-12(20)14(13)28-18(15)7-9-27-10-8-18/h4-6,11,15,26H,7-10H2,1-3H3,(H,21,25)(H,22,24)/t11-,15+/m0/s1. The van der Waals surface area contributed by atoms with E-state index in [2.05, 4.69) is 10.6 Å². The molecule has 0 aliphatic carbocycles. The smallest absolute Gasteiger partial charge is 0.376 e. The summed E-state index contributed by atoms with van der Waals surface area (Å²) in [5.41, 5.74) is -0.907. The van der Waals surface area contributed by atoms with Crippen LogP contribution in [0.1, 0.15) is 19.8 Å². The molecule has 2 aliphatic rings. The average Bonchev–Trinajstić information content (AvgIpc) is 2.77. The highest BCUT2D eigenvalue weighted by molar-refractivity contribution is 6.45. The zero-order chi connectivity index (χ0) is 20.5. The molecule has 8 nitrogen and oxygen atoms in total. The monoisotopic (exact) mass is 393 g/mol. The first kappa shape index (κ1) is 20.6. The van der Waals surface area contributed by atoms with Crippen molar-refractivity contribution < 1.29 is 28.5 Å². The molecule has 2 atom stereocenters. The second-order valence-electron chi connectivity index (χ2n) is 7.30. The maximum Gasteiger partial charge on any atom is 0.376 e. The topological polar surface area (TPSA) is 100 Å². The van der Waals surface area contributed by atoms with Gasteiger partial charge < -0.3 is 29.9 Å². The van der Waals surface area contributed by atoms with Gasteiger partial charge in [0.25, 0.3) is 5.91 Å². The fourth-order valence-corrected chi connectivity index (χ4v) is 3.49. The Morgan fingerprint density at radius 3 is 2.79 bits per heavy atom. The van der Waals surface area contributed by atoms with Gasteiger partial charge in [-0.2, -0.15) is 0 Å². The normalized spacial score (nSPS) is 21.9. The van der Waals surface area contributed by atoms with E-state index in [1.54, 1.807) is 26.9 Å². The summed E-state index contributed by atoms with van der Waals surface area (Å²) in [6, 6.07) is 2.56. The molecule has 1 spiro atoms. The largest absolute Gasteiger partial charge is 0.479 e. The van der Waals surface area contributed by atoms with Crippen LogP contribution in [0, 0.1) is 5.82 Å². The van der Waals surface area contributed by atoms with E-state index in [1.165, 1.54) is 16.9 Å². The molecule has 0 saturated carbocycles. The number of hydrogen-bond acceptors (Lipinski definition) is 6. The van der Waals surface area contributed by atoms with Crippen molar-refractivity contribution in [2.24, 2.45) is 0 Å². The van der Waals surface area contributed by atoms with Crippen molar-refractivity contribution >= 4 is 24.6 Å². The number of para-hydroxylation sites is 1. The lowest BCUT2D eigenvalue weighted by atomic mass is 9.83. The minimum absolute atomic E-state index is 0.0383. The fraction of sp³-hybridized carbons (Fsp3) is 0.556. The number of fused-ring (bicyclic) bond motifs is 1. The van der Waals surface area contributed by atoms with Crippen LogP contribution in [0.25, 0.3) is 0 Å². The van der Waals surface area contributed by atoms with Crippen LogP contribution >= 0.6 is 0 Å². The van der Waals surface area contributed by atoms with Crippen LogP contribution in [0.3, 0.4) is 0 Å². The van der Waals surface area contributed by atoms with Gasteiger partial charge in [0, 0.05) is 12.8 Å². The van der Waals surface area contributed by atoms with Gasteiger partial charge in [-0.05, 0) is 32.9 Å². The lowest BCUT2D eigenvalue weighted by Gasteiger charge is -2.41. The van der Waals surface area contributed by atoms with E-state index in [0.29, 0.717) is 26.1 Å². The maximum atomic E-state index is 14.4. The summed E-state index contributed by atoms with van der Waals surface area (Å²) in [6.45, 7) is 3.83. The van der Waals surface area contributed by atoms with Gasteiger partial charge in [-0.15, -0.1) is 0 Å². The Balaban J connectivity index is 1.93. The van der Waals surface area contributed by atoms with Crippen LogP contribution in [0.2, 0.25) is 6.82 Å². The number of amides is 2. The Morgan fingerprint density at radius 2 is 2.14 bits per heavy atom. The van der Waals surface area contributed by atoms with Crippen LogP contribution in [0.15, 0.2) is 18.2 Å². The molecule has 2 heterocycles. The highest BCUT2D eigenvalue weighted by Crippen LogP contribution is 2.39. The molecule has 0 bridgehead atoms. The Kier molecular flexibility index (Phi) is 5.92. The Morgan fingerprint density at radius 1 is 1.46 bits per heavy atom. The number of nitrogens with one attached hydrogen (secondary N) is 2. The molecule has 1 fully saturated rings. The molecule has 2 amide bonds. The molecule has 1 saturated heterocycles. The first-order chi connectivity index (χ1) is 13.2. The quantitative estimate of drug-likeness (QED) is 0.649. The molecular formula is C18H25BFN3O5. The molecular weight excluding hydrogens is 368 g/mol. The van der Waals surface area contributed by atoms with Gasteiger partial charge in [-0.25, -0.2) is 4.39 Å². The third-order valence-electron chi connectivity index (χ3n) is 5.52. The number of anilines is 1. The highest BCUT2D eigenvalue weighted by Gasteiger charge is 2.50. The van der Waals surface area contributed by atoms with Gasteiger partial charge in [0.1, 0.15) is 11.6 Å². The van der Waals surface area contributed by atoms with Crippen LogP contribution in [0.4, 0.5) is 10.1 Å². The van der Waals surface area contributed by atoms with E-state index in [-0.39, 0.29) is 11.4 Å². The van der Waals surface area contributed by atoms with Gasteiger partial charge in [0.2, 0.25) is 5.91 Å². The summed E-state index contributed by atoms with van der Waals surface area (Å²) in [6.07, 6.45) is 0.638. The Bertz CT molecular complexity index is 757. The van der Waals surface area contributed by atoms with Crippen LogP contribution in [-0.2, 0) is 14.3 Å². The van der Waals surface area contributed by atoms with Crippen molar-refractivity contribution in [2.75, 3.05) is 25.6 Å². The maximum absolute atomic E-state index is 14.4. The zero-order valence-corrected chi connectivity index (χ0v) is 16.2. The molecule has 0 aromatic heterocycles. The number of benzene rings is 1. The summed E-state index contributed by atoms with van der Waals surface area (Å²) >= 11 is 0. The molecule has 3 N–H and O–H groups in total. The van der Waals surface area contributed by atoms with E-state index < -0.39 is 42.4 Å². The van der Waals surface area contributed by atoms with E-state index in [1.807, 2.05) is 0 Å². The Hall–Kier alpha value is -2.17. The van der Waals surface area contributed by atoms with E-state index in [9.17, 15) is 19.0 Å². The molecule has 28 heavy (non-hydrogen) atoms. The second-order valence-corrected chi connectivity index (χ2v) is 7.30. The SMILES string of the molecule is CB(O)N(C)[C@@H](C)C(=O)N[C@@H]1C(=O)Nc2cccc(F)c2OC12CCOCC2. The van der Waals surface area contributed by atoms with Crippen molar-refractivity contribution in [1.29, 1.82) is 0 Å². The number of halogens is 1. The molecule has 0 unspecified atom stereocenters. The van der Waals surface area contributed by atoms with Crippen LogP contribution in [0.5, 0.6) is 5.75 Å². The molecule has 152 valence electrons.